The van der Waals surface area contributed by atoms with Crippen LogP contribution in [0.25, 0.3) is 0 Å². The van der Waals surface area contributed by atoms with E-state index in [9.17, 15) is 22.3 Å². The van der Waals surface area contributed by atoms with Crippen molar-refractivity contribution in [2.24, 2.45) is 0 Å². The third kappa shape index (κ3) is 2.77. The Morgan fingerprint density at radius 2 is 2.05 bits per heavy atom. The number of halogens is 2. The summed E-state index contributed by atoms with van der Waals surface area (Å²) in [5.74, 6) is -2.77. The highest BCUT2D eigenvalue weighted by Gasteiger charge is 2.37. The Kier molecular flexibility index (Phi) is 3.74. The Labute approximate surface area is 116 Å². The summed E-state index contributed by atoms with van der Waals surface area (Å²) in [7, 11) is -4.23. The highest BCUT2D eigenvalue weighted by Crippen LogP contribution is 2.29. The van der Waals surface area contributed by atoms with Crippen molar-refractivity contribution in [1.29, 1.82) is 0 Å². The Morgan fingerprint density at radius 3 is 2.65 bits per heavy atom. The molecule has 1 saturated heterocycles. The van der Waals surface area contributed by atoms with Crippen molar-refractivity contribution >= 4 is 15.7 Å². The topological polar surface area (TPSA) is 83.6 Å². The average Bonchev–Trinajstić information content (AvgIpc) is 2.32. The molecule has 0 spiro atoms. The molecule has 3 N–H and O–H groups in total. The van der Waals surface area contributed by atoms with Gasteiger partial charge in [-0.3, -0.25) is 0 Å². The third-order valence-electron chi connectivity index (χ3n) is 3.27. The molecule has 0 radical (unpaired) electrons. The van der Waals surface area contributed by atoms with Crippen LogP contribution in [-0.2, 0) is 10.0 Å². The van der Waals surface area contributed by atoms with Crippen molar-refractivity contribution in [3.8, 4) is 0 Å². The van der Waals surface area contributed by atoms with E-state index in [0.29, 0.717) is 12.8 Å². The molecule has 0 amide bonds. The second-order valence-electron chi connectivity index (χ2n) is 5.25. The molecule has 1 unspecified atom stereocenters. The van der Waals surface area contributed by atoms with Crippen LogP contribution in [0, 0.1) is 11.6 Å². The number of nitrogens with two attached hydrogens (primary N) is 1. The van der Waals surface area contributed by atoms with Crippen LogP contribution in [0.3, 0.4) is 0 Å². The predicted octanol–water partition coefficient (Wildman–Crippen LogP) is 1.08. The second-order valence-corrected chi connectivity index (χ2v) is 7.16. The molecule has 112 valence electrons. The molecule has 1 fully saturated rings. The van der Waals surface area contributed by atoms with Crippen LogP contribution in [-0.4, -0.2) is 36.5 Å². The van der Waals surface area contributed by atoms with Crippen molar-refractivity contribution in [1.82, 2.24) is 4.31 Å². The van der Waals surface area contributed by atoms with E-state index >= 15 is 0 Å². The van der Waals surface area contributed by atoms with E-state index in [1.165, 1.54) is 6.92 Å². The van der Waals surface area contributed by atoms with Crippen LogP contribution in [0.4, 0.5) is 14.5 Å². The number of benzene rings is 1. The molecule has 8 heteroatoms. The molecule has 0 aliphatic carbocycles. The maximum Gasteiger partial charge on any atom is 0.246 e. The molecule has 1 aromatic rings. The summed E-state index contributed by atoms with van der Waals surface area (Å²) in [6.45, 7) is 1.49. The fourth-order valence-electron chi connectivity index (χ4n) is 2.29. The van der Waals surface area contributed by atoms with Gasteiger partial charge in [-0.25, -0.2) is 17.2 Å². The van der Waals surface area contributed by atoms with Gasteiger partial charge in [0.15, 0.2) is 11.6 Å². The van der Waals surface area contributed by atoms with Crippen LogP contribution in [0.5, 0.6) is 0 Å². The molecule has 2 rings (SSSR count). The molecule has 1 atom stereocenters. The number of piperidine rings is 1. The van der Waals surface area contributed by atoms with Gasteiger partial charge in [0.2, 0.25) is 10.0 Å². The fraction of sp³-hybridized carbons (Fsp3) is 0.500. The zero-order valence-corrected chi connectivity index (χ0v) is 11.8. The van der Waals surface area contributed by atoms with Crippen LogP contribution in [0.15, 0.2) is 17.0 Å². The summed E-state index contributed by atoms with van der Waals surface area (Å²) in [5.41, 5.74) is 4.01. The maximum atomic E-state index is 13.7. The van der Waals surface area contributed by atoms with Gasteiger partial charge in [-0.05, 0) is 31.9 Å². The van der Waals surface area contributed by atoms with Crippen molar-refractivity contribution in [2.45, 2.75) is 30.3 Å². The van der Waals surface area contributed by atoms with Crippen LogP contribution < -0.4 is 5.73 Å². The molecule has 0 bridgehead atoms. The monoisotopic (exact) mass is 306 g/mol. The first-order valence-corrected chi connectivity index (χ1v) is 7.54. The SMILES string of the molecule is CC1(O)CCCN(S(=O)(=O)c2cc(N)cc(F)c2F)C1. The molecular weight excluding hydrogens is 290 g/mol. The van der Waals surface area contributed by atoms with E-state index in [-0.39, 0.29) is 18.8 Å². The lowest BCUT2D eigenvalue weighted by atomic mass is 9.97. The molecule has 1 aliphatic rings. The van der Waals surface area contributed by atoms with Crippen molar-refractivity contribution in [2.75, 3.05) is 18.8 Å². The van der Waals surface area contributed by atoms with Crippen LogP contribution in [0.2, 0.25) is 0 Å². The first-order chi connectivity index (χ1) is 9.13. The number of rotatable bonds is 2. The zero-order chi connectivity index (χ0) is 15.1. The summed E-state index contributed by atoms with van der Waals surface area (Å²) >= 11 is 0. The lowest BCUT2D eigenvalue weighted by molar-refractivity contribution is 0.00934. The predicted molar refractivity (Wildman–Crippen MR) is 69.4 cm³/mol. The van der Waals surface area contributed by atoms with Crippen molar-refractivity contribution in [3.63, 3.8) is 0 Å². The van der Waals surface area contributed by atoms with Gasteiger partial charge in [-0.1, -0.05) is 0 Å². The van der Waals surface area contributed by atoms with E-state index < -0.39 is 32.2 Å². The van der Waals surface area contributed by atoms with Gasteiger partial charge in [-0.15, -0.1) is 0 Å². The average molecular weight is 306 g/mol. The number of aliphatic hydroxyl groups is 1. The molecule has 1 aromatic carbocycles. The minimum absolute atomic E-state index is 0.147. The molecule has 1 heterocycles. The van der Waals surface area contributed by atoms with Gasteiger partial charge in [0.25, 0.3) is 0 Å². The fourth-order valence-corrected chi connectivity index (χ4v) is 3.99. The number of nitrogen functional groups attached to an aromatic ring is 1. The van der Waals surface area contributed by atoms with Gasteiger partial charge in [0, 0.05) is 18.8 Å². The molecule has 5 nitrogen and oxygen atoms in total. The van der Waals surface area contributed by atoms with Crippen LogP contribution >= 0.6 is 0 Å². The summed E-state index contributed by atoms with van der Waals surface area (Å²) < 4.78 is 52.7. The molecule has 0 saturated carbocycles. The summed E-state index contributed by atoms with van der Waals surface area (Å²) in [5, 5.41) is 9.93. The van der Waals surface area contributed by atoms with Gasteiger partial charge in [0.05, 0.1) is 5.60 Å². The first-order valence-electron chi connectivity index (χ1n) is 6.10. The number of nitrogens with zero attached hydrogens (tertiary/aromatic N) is 1. The summed E-state index contributed by atoms with van der Waals surface area (Å²) in [6.07, 6.45) is 0.894. The van der Waals surface area contributed by atoms with E-state index in [1.54, 1.807) is 0 Å². The number of hydrogen-bond donors (Lipinski definition) is 2. The number of sulfonamides is 1. The summed E-state index contributed by atoms with van der Waals surface area (Å²) in [6, 6.07) is 1.61. The van der Waals surface area contributed by atoms with E-state index in [4.69, 9.17) is 5.73 Å². The standard InChI is InChI=1S/C12H16F2N2O3S/c1-12(17)3-2-4-16(7-12)20(18,19)10-6-8(15)5-9(13)11(10)14/h5-6,17H,2-4,7,15H2,1H3. The largest absolute Gasteiger partial charge is 0.399 e. The third-order valence-corrected chi connectivity index (χ3v) is 5.12. The lowest BCUT2D eigenvalue weighted by Crippen LogP contribution is -2.48. The van der Waals surface area contributed by atoms with Gasteiger partial charge < -0.3 is 10.8 Å². The van der Waals surface area contributed by atoms with Gasteiger partial charge in [-0.2, -0.15) is 4.31 Å². The van der Waals surface area contributed by atoms with Crippen molar-refractivity contribution in [3.05, 3.63) is 23.8 Å². The second kappa shape index (κ2) is 4.94. The smallest absolute Gasteiger partial charge is 0.246 e. The zero-order valence-electron chi connectivity index (χ0n) is 10.9. The highest BCUT2D eigenvalue weighted by atomic mass is 32.2. The van der Waals surface area contributed by atoms with Gasteiger partial charge in [0.1, 0.15) is 4.90 Å². The van der Waals surface area contributed by atoms with E-state index in [0.717, 1.165) is 16.4 Å². The normalized spacial score (nSPS) is 24.8. The molecular formula is C12H16F2N2O3S. The molecule has 0 aromatic heterocycles. The van der Waals surface area contributed by atoms with Crippen LogP contribution in [0.1, 0.15) is 19.8 Å². The molecule has 20 heavy (non-hydrogen) atoms. The Balaban J connectivity index is 2.46. The van der Waals surface area contributed by atoms with Gasteiger partial charge >= 0.3 is 0 Å². The number of hydrogen-bond acceptors (Lipinski definition) is 4. The number of β-amino-alcohol motifs (C(OH)–C–C–N with tert-alkyl or cyclic N) is 1. The summed E-state index contributed by atoms with van der Waals surface area (Å²) in [4.78, 5) is -0.798. The maximum absolute atomic E-state index is 13.7. The van der Waals surface area contributed by atoms with E-state index in [1.807, 2.05) is 0 Å². The van der Waals surface area contributed by atoms with E-state index in [2.05, 4.69) is 0 Å². The molecule has 1 aliphatic heterocycles. The Morgan fingerprint density at radius 1 is 1.40 bits per heavy atom. The first kappa shape index (κ1) is 15.1. The van der Waals surface area contributed by atoms with Crippen molar-refractivity contribution < 1.29 is 22.3 Å². The Hall–Kier alpha value is -1.25. The number of anilines is 1. The highest BCUT2D eigenvalue weighted by molar-refractivity contribution is 7.89. The minimum atomic E-state index is -4.23. The quantitative estimate of drug-likeness (QED) is 0.801. The minimum Gasteiger partial charge on any atom is -0.399 e. The Bertz CT molecular complexity index is 632. The lowest BCUT2D eigenvalue weighted by Gasteiger charge is -2.36.